The number of nitrogens with zero attached hydrogens (tertiary/aromatic N) is 1. The predicted molar refractivity (Wildman–Crippen MR) is 103 cm³/mol. The molecular formula is C21H20N2O3. The van der Waals surface area contributed by atoms with Gasteiger partial charge < -0.3 is 9.47 Å². The van der Waals surface area contributed by atoms with Crippen molar-refractivity contribution in [2.45, 2.75) is 6.92 Å². The standard InChI is InChI=1S/C21H20N2O3/c1-2-25-20-13-12-16-8-6-7-11-18(16)19(20)14-22-23-21(24)15-26-17-9-4-3-5-10-17/h3-14H,2,15H2,1H3,(H,23,24)/b22-14+. The topological polar surface area (TPSA) is 59.9 Å². The van der Waals surface area contributed by atoms with Gasteiger partial charge in [0.05, 0.1) is 12.8 Å². The number of hydrazone groups is 1. The van der Waals surface area contributed by atoms with E-state index in [1.54, 1.807) is 18.3 Å². The molecule has 3 aromatic rings. The number of hydrogen-bond acceptors (Lipinski definition) is 4. The van der Waals surface area contributed by atoms with Crippen molar-refractivity contribution in [2.24, 2.45) is 5.10 Å². The summed E-state index contributed by atoms with van der Waals surface area (Å²) < 4.78 is 11.1. The minimum atomic E-state index is -0.330. The molecule has 3 rings (SSSR count). The Kier molecular flexibility index (Phi) is 5.83. The average molecular weight is 348 g/mol. The number of carbonyl (C=O) groups is 1. The number of carbonyl (C=O) groups excluding carboxylic acids is 1. The van der Waals surface area contributed by atoms with Crippen LogP contribution < -0.4 is 14.9 Å². The number of fused-ring (bicyclic) bond motifs is 1. The molecule has 0 unspecified atom stereocenters. The third-order valence-corrected chi connectivity index (χ3v) is 3.73. The molecule has 0 atom stereocenters. The first-order valence-corrected chi connectivity index (χ1v) is 8.42. The summed E-state index contributed by atoms with van der Waals surface area (Å²) >= 11 is 0. The zero-order valence-electron chi connectivity index (χ0n) is 14.5. The lowest BCUT2D eigenvalue weighted by Crippen LogP contribution is -2.24. The number of amides is 1. The highest BCUT2D eigenvalue weighted by molar-refractivity contribution is 6.02. The molecule has 0 heterocycles. The Morgan fingerprint density at radius 1 is 1.00 bits per heavy atom. The molecule has 5 nitrogen and oxygen atoms in total. The number of hydrogen-bond donors (Lipinski definition) is 1. The maximum Gasteiger partial charge on any atom is 0.277 e. The van der Waals surface area contributed by atoms with Crippen LogP contribution in [0.3, 0.4) is 0 Å². The summed E-state index contributed by atoms with van der Waals surface area (Å²) in [6, 6.07) is 21.0. The lowest BCUT2D eigenvalue weighted by atomic mass is 10.0. The van der Waals surface area contributed by atoms with Crippen LogP contribution in [0.5, 0.6) is 11.5 Å². The second kappa shape index (κ2) is 8.67. The average Bonchev–Trinajstić information content (AvgIpc) is 2.69. The second-order valence-corrected chi connectivity index (χ2v) is 5.53. The van der Waals surface area contributed by atoms with Gasteiger partial charge in [-0.15, -0.1) is 0 Å². The summed E-state index contributed by atoms with van der Waals surface area (Å²) in [5.74, 6) is 1.03. The molecule has 0 bridgehead atoms. The quantitative estimate of drug-likeness (QED) is 0.522. The highest BCUT2D eigenvalue weighted by atomic mass is 16.5. The van der Waals surface area contributed by atoms with E-state index in [1.807, 2.05) is 61.5 Å². The van der Waals surface area contributed by atoms with Gasteiger partial charge in [-0.2, -0.15) is 5.10 Å². The molecule has 5 heteroatoms. The SMILES string of the molecule is CCOc1ccc2ccccc2c1/C=N/NC(=O)COc1ccccc1. The molecule has 0 aromatic heterocycles. The smallest absolute Gasteiger partial charge is 0.277 e. The van der Waals surface area contributed by atoms with E-state index < -0.39 is 0 Å². The van der Waals surface area contributed by atoms with E-state index in [0.29, 0.717) is 12.4 Å². The van der Waals surface area contributed by atoms with Gasteiger partial charge in [-0.1, -0.05) is 48.5 Å². The number of nitrogens with one attached hydrogen (secondary N) is 1. The molecule has 3 aromatic carbocycles. The Morgan fingerprint density at radius 3 is 2.58 bits per heavy atom. The van der Waals surface area contributed by atoms with Gasteiger partial charge in [-0.25, -0.2) is 5.43 Å². The van der Waals surface area contributed by atoms with Crippen LogP contribution in [0.2, 0.25) is 0 Å². The van der Waals surface area contributed by atoms with Crippen LogP contribution in [-0.4, -0.2) is 25.3 Å². The van der Waals surface area contributed by atoms with Crippen LogP contribution in [0.4, 0.5) is 0 Å². The van der Waals surface area contributed by atoms with Gasteiger partial charge in [0.2, 0.25) is 0 Å². The van der Waals surface area contributed by atoms with E-state index in [2.05, 4.69) is 10.5 Å². The van der Waals surface area contributed by atoms with Gasteiger partial charge in [0.1, 0.15) is 11.5 Å². The fourth-order valence-corrected chi connectivity index (χ4v) is 2.56. The molecule has 1 N–H and O–H groups in total. The van der Waals surface area contributed by atoms with Crippen LogP contribution in [-0.2, 0) is 4.79 Å². The summed E-state index contributed by atoms with van der Waals surface area (Å²) in [6.45, 7) is 2.38. The zero-order valence-corrected chi connectivity index (χ0v) is 14.5. The lowest BCUT2D eigenvalue weighted by molar-refractivity contribution is -0.123. The van der Waals surface area contributed by atoms with Crippen LogP contribution in [0.15, 0.2) is 71.8 Å². The van der Waals surface area contributed by atoms with Gasteiger partial charge in [-0.3, -0.25) is 4.79 Å². The number of rotatable bonds is 7. The third kappa shape index (κ3) is 4.39. The van der Waals surface area contributed by atoms with Crippen molar-refractivity contribution in [3.05, 3.63) is 72.3 Å². The van der Waals surface area contributed by atoms with Crippen molar-refractivity contribution in [1.29, 1.82) is 0 Å². The van der Waals surface area contributed by atoms with Gasteiger partial charge >= 0.3 is 0 Å². The molecule has 1 amide bonds. The summed E-state index contributed by atoms with van der Waals surface area (Å²) in [4.78, 5) is 11.9. The largest absolute Gasteiger partial charge is 0.493 e. The van der Waals surface area contributed by atoms with Crippen molar-refractivity contribution in [3.8, 4) is 11.5 Å². The molecule has 0 saturated heterocycles. The summed E-state index contributed by atoms with van der Waals surface area (Å²) in [6.07, 6.45) is 1.60. The first-order valence-electron chi connectivity index (χ1n) is 8.42. The van der Waals surface area contributed by atoms with Gasteiger partial charge in [0.25, 0.3) is 5.91 Å². The minimum absolute atomic E-state index is 0.102. The Morgan fingerprint density at radius 2 is 1.77 bits per heavy atom. The predicted octanol–water partition coefficient (Wildman–Crippen LogP) is 3.77. The highest BCUT2D eigenvalue weighted by Crippen LogP contribution is 2.26. The fourth-order valence-electron chi connectivity index (χ4n) is 2.56. The molecule has 26 heavy (non-hydrogen) atoms. The minimum Gasteiger partial charge on any atom is -0.493 e. The Balaban J connectivity index is 1.69. The molecule has 0 aliphatic rings. The van der Waals surface area contributed by atoms with Crippen LogP contribution >= 0.6 is 0 Å². The number of ether oxygens (including phenoxy) is 2. The van der Waals surface area contributed by atoms with Crippen molar-refractivity contribution in [3.63, 3.8) is 0 Å². The molecule has 0 spiro atoms. The maximum atomic E-state index is 11.9. The van der Waals surface area contributed by atoms with E-state index in [9.17, 15) is 4.79 Å². The number of para-hydroxylation sites is 1. The lowest BCUT2D eigenvalue weighted by Gasteiger charge is -2.10. The fraction of sp³-hybridized carbons (Fsp3) is 0.143. The first-order chi connectivity index (χ1) is 12.8. The van der Waals surface area contributed by atoms with Crippen LogP contribution in [0, 0.1) is 0 Å². The Labute approximate surface area is 152 Å². The normalized spacial score (nSPS) is 10.8. The summed E-state index contributed by atoms with van der Waals surface area (Å²) in [5.41, 5.74) is 3.31. The van der Waals surface area contributed by atoms with Crippen molar-refractivity contribution in [2.75, 3.05) is 13.2 Å². The summed E-state index contributed by atoms with van der Waals surface area (Å²) in [7, 11) is 0. The molecule has 0 saturated carbocycles. The van der Waals surface area contributed by atoms with E-state index in [-0.39, 0.29) is 12.5 Å². The van der Waals surface area contributed by atoms with Crippen LogP contribution in [0.25, 0.3) is 10.8 Å². The third-order valence-electron chi connectivity index (χ3n) is 3.73. The zero-order chi connectivity index (χ0) is 18.2. The first kappa shape index (κ1) is 17.5. The van der Waals surface area contributed by atoms with Crippen LogP contribution in [0.1, 0.15) is 12.5 Å². The molecule has 0 fully saturated rings. The van der Waals surface area contributed by atoms with E-state index in [0.717, 1.165) is 22.1 Å². The van der Waals surface area contributed by atoms with Gasteiger partial charge in [-0.05, 0) is 35.9 Å². The molecule has 132 valence electrons. The Bertz CT molecular complexity index is 908. The van der Waals surface area contributed by atoms with Gasteiger partial charge in [0, 0.05) is 5.56 Å². The Hall–Kier alpha value is -3.34. The maximum absolute atomic E-state index is 11.9. The second-order valence-electron chi connectivity index (χ2n) is 5.53. The number of benzene rings is 3. The van der Waals surface area contributed by atoms with E-state index in [1.165, 1.54) is 0 Å². The summed E-state index contributed by atoms with van der Waals surface area (Å²) in [5, 5.41) is 6.15. The van der Waals surface area contributed by atoms with Crippen molar-refractivity contribution >= 4 is 22.9 Å². The monoisotopic (exact) mass is 348 g/mol. The molecular weight excluding hydrogens is 328 g/mol. The van der Waals surface area contributed by atoms with Crippen molar-refractivity contribution in [1.82, 2.24) is 5.43 Å². The molecule has 0 radical (unpaired) electrons. The van der Waals surface area contributed by atoms with E-state index in [4.69, 9.17) is 9.47 Å². The molecule has 0 aliphatic heterocycles. The molecule has 0 aliphatic carbocycles. The van der Waals surface area contributed by atoms with E-state index >= 15 is 0 Å². The van der Waals surface area contributed by atoms with Gasteiger partial charge in [0.15, 0.2) is 6.61 Å². The highest BCUT2D eigenvalue weighted by Gasteiger charge is 2.07. The van der Waals surface area contributed by atoms with Crippen molar-refractivity contribution < 1.29 is 14.3 Å².